The summed E-state index contributed by atoms with van der Waals surface area (Å²) in [6, 6.07) is 21.7. The molecule has 0 radical (unpaired) electrons. The van der Waals surface area contributed by atoms with Gasteiger partial charge >= 0.3 is 0 Å². The van der Waals surface area contributed by atoms with Gasteiger partial charge in [0, 0.05) is 5.56 Å². The SMILES string of the molecule is C=C(C)c1ccc(CCCCOc2ccc(/C=C/C(=O)c3ccc(F)cc3)cc2)cc1. The third-order valence-corrected chi connectivity index (χ3v) is 5.01. The number of rotatable bonds is 10. The average molecular weight is 415 g/mol. The Morgan fingerprint density at radius 3 is 2.19 bits per heavy atom. The van der Waals surface area contributed by atoms with Gasteiger partial charge in [-0.25, -0.2) is 4.39 Å². The largest absolute Gasteiger partial charge is 0.494 e. The van der Waals surface area contributed by atoms with E-state index in [0.717, 1.165) is 36.1 Å². The number of ether oxygens (including phenoxy) is 1. The summed E-state index contributed by atoms with van der Waals surface area (Å²) in [5, 5.41) is 0. The highest BCUT2D eigenvalue weighted by Crippen LogP contribution is 2.16. The van der Waals surface area contributed by atoms with Crippen LogP contribution in [0.3, 0.4) is 0 Å². The van der Waals surface area contributed by atoms with E-state index in [1.807, 2.05) is 31.2 Å². The Bertz CT molecular complexity index is 1030. The molecule has 0 N–H and O–H groups in total. The number of unbranched alkanes of at least 4 members (excludes halogenated alkanes) is 1. The Hall–Kier alpha value is -3.46. The second-order valence-electron chi connectivity index (χ2n) is 7.56. The van der Waals surface area contributed by atoms with E-state index in [1.165, 1.54) is 41.5 Å². The summed E-state index contributed by atoms with van der Waals surface area (Å²) < 4.78 is 18.8. The van der Waals surface area contributed by atoms with Crippen LogP contribution in [-0.2, 0) is 6.42 Å². The maximum atomic E-state index is 12.9. The van der Waals surface area contributed by atoms with E-state index in [0.29, 0.717) is 12.2 Å². The average Bonchev–Trinajstić information content (AvgIpc) is 2.79. The van der Waals surface area contributed by atoms with Crippen molar-refractivity contribution in [2.75, 3.05) is 6.61 Å². The van der Waals surface area contributed by atoms with Gasteiger partial charge in [0.05, 0.1) is 6.61 Å². The van der Waals surface area contributed by atoms with E-state index in [1.54, 1.807) is 6.08 Å². The molecule has 0 aliphatic carbocycles. The van der Waals surface area contributed by atoms with Crippen LogP contribution in [-0.4, -0.2) is 12.4 Å². The number of halogens is 1. The Labute approximate surface area is 183 Å². The van der Waals surface area contributed by atoms with Crippen molar-refractivity contribution in [3.05, 3.63) is 114 Å². The number of ketones is 1. The van der Waals surface area contributed by atoms with Crippen LogP contribution in [0, 0.1) is 5.82 Å². The van der Waals surface area contributed by atoms with E-state index in [2.05, 4.69) is 30.8 Å². The van der Waals surface area contributed by atoms with Gasteiger partial charge in [0.1, 0.15) is 11.6 Å². The highest BCUT2D eigenvalue weighted by molar-refractivity contribution is 6.06. The zero-order valence-electron chi connectivity index (χ0n) is 17.8. The first kappa shape index (κ1) is 22.2. The van der Waals surface area contributed by atoms with Crippen LogP contribution in [0.5, 0.6) is 5.75 Å². The first-order valence-electron chi connectivity index (χ1n) is 10.5. The topological polar surface area (TPSA) is 26.3 Å². The molecule has 3 aromatic rings. The molecule has 31 heavy (non-hydrogen) atoms. The summed E-state index contributed by atoms with van der Waals surface area (Å²) in [6.07, 6.45) is 6.32. The maximum Gasteiger partial charge on any atom is 0.185 e. The Kier molecular flexibility index (Phi) is 7.94. The van der Waals surface area contributed by atoms with Crippen LogP contribution >= 0.6 is 0 Å². The molecule has 3 heteroatoms. The molecule has 158 valence electrons. The van der Waals surface area contributed by atoms with Gasteiger partial charge in [-0.3, -0.25) is 4.79 Å². The first-order valence-corrected chi connectivity index (χ1v) is 10.5. The van der Waals surface area contributed by atoms with Gasteiger partial charge in [0.2, 0.25) is 0 Å². The van der Waals surface area contributed by atoms with Crippen molar-refractivity contribution < 1.29 is 13.9 Å². The third kappa shape index (κ3) is 7.07. The smallest absolute Gasteiger partial charge is 0.185 e. The number of carbonyl (C=O) groups is 1. The minimum Gasteiger partial charge on any atom is -0.494 e. The number of allylic oxidation sites excluding steroid dienone is 2. The van der Waals surface area contributed by atoms with Crippen molar-refractivity contribution in [2.45, 2.75) is 26.2 Å². The number of carbonyl (C=O) groups excluding carboxylic acids is 1. The van der Waals surface area contributed by atoms with Gasteiger partial charge in [-0.2, -0.15) is 0 Å². The second kappa shape index (κ2) is 11.1. The summed E-state index contributed by atoms with van der Waals surface area (Å²) in [5.74, 6) is 0.302. The molecule has 0 bridgehead atoms. The van der Waals surface area contributed by atoms with E-state index in [-0.39, 0.29) is 11.6 Å². The van der Waals surface area contributed by atoms with Crippen LogP contribution < -0.4 is 4.74 Å². The van der Waals surface area contributed by atoms with Crippen molar-refractivity contribution >= 4 is 17.4 Å². The zero-order chi connectivity index (χ0) is 22.1. The molecule has 0 saturated carbocycles. The van der Waals surface area contributed by atoms with Crippen molar-refractivity contribution in [2.24, 2.45) is 0 Å². The van der Waals surface area contributed by atoms with Crippen LogP contribution in [0.2, 0.25) is 0 Å². The molecule has 0 fully saturated rings. The van der Waals surface area contributed by atoms with Crippen LogP contribution in [0.25, 0.3) is 11.6 Å². The van der Waals surface area contributed by atoms with E-state index in [4.69, 9.17) is 4.74 Å². The van der Waals surface area contributed by atoms with Gasteiger partial charge in [-0.05, 0) is 85.4 Å². The minimum atomic E-state index is -0.353. The highest BCUT2D eigenvalue weighted by Gasteiger charge is 2.02. The molecule has 0 atom stereocenters. The summed E-state index contributed by atoms with van der Waals surface area (Å²) in [6.45, 7) is 6.65. The van der Waals surface area contributed by atoms with Gasteiger partial charge in [-0.1, -0.05) is 54.6 Å². The fraction of sp³-hybridized carbons (Fsp3) is 0.179. The Balaban J connectivity index is 1.39. The molecule has 0 aliphatic rings. The molecule has 2 nitrogen and oxygen atoms in total. The molecule has 0 spiro atoms. The standard InChI is InChI=1S/C28H27FO2/c1-21(2)24-11-6-22(7-12-24)5-3-4-20-31-27-17-8-23(9-18-27)10-19-28(30)25-13-15-26(29)16-14-25/h6-19H,1,3-5,20H2,2H3/b19-10+. The molecule has 0 heterocycles. The van der Waals surface area contributed by atoms with Crippen LogP contribution in [0.4, 0.5) is 4.39 Å². The number of aryl methyl sites for hydroxylation is 1. The lowest BCUT2D eigenvalue weighted by molar-refractivity contribution is 0.104. The summed E-state index contributed by atoms with van der Waals surface area (Å²) in [7, 11) is 0. The van der Waals surface area contributed by atoms with Crippen molar-refractivity contribution in [1.82, 2.24) is 0 Å². The Morgan fingerprint density at radius 1 is 0.903 bits per heavy atom. The van der Waals surface area contributed by atoms with Gasteiger partial charge in [0.15, 0.2) is 5.78 Å². The van der Waals surface area contributed by atoms with E-state index < -0.39 is 0 Å². The molecule has 0 aliphatic heterocycles. The Morgan fingerprint density at radius 2 is 1.55 bits per heavy atom. The molecule has 0 amide bonds. The zero-order valence-corrected chi connectivity index (χ0v) is 17.8. The third-order valence-electron chi connectivity index (χ3n) is 5.01. The molecule has 0 aromatic heterocycles. The van der Waals surface area contributed by atoms with E-state index in [9.17, 15) is 9.18 Å². The number of hydrogen-bond donors (Lipinski definition) is 0. The monoisotopic (exact) mass is 414 g/mol. The van der Waals surface area contributed by atoms with Gasteiger partial charge in [0.25, 0.3) is 0 Å². The van der Waals surface area contributed by atoms with E-state index >= 15 is 0 Å². The van der Waals surface area contributed by atoms with Crippen molar-refractivity contribution in [3.8, 4) is 5.75 Å². The van der Waals surface area contributed by atoms with Gasteiger partial charge in [-0.15, -0.1) is 0 Å². The molecular weight excluding hydrogens is 387 g/mol. The lowest BCUT2D eigenvalue weighted by Gasteiger charge is -2.07. The molecule has 0 saturated heterocycles. The summed E-state index contributed by atoms with van der Waals surface area (Å²) >= 11 is 0. The maximum absolute atomic E-state index is 12.9. The second-order valence-corrected chi connectivity index (χ2v) is 7.56. The predicted octanol–water partition coefficient (Wildman–Crippen LogP) is 7.16. The predicted molar refractivity (Wildman–Crippen MR) is 126 cm³/mol. The van der Waals surface area contributed by atoms with Crippen LogP contribution in [0.15, 0.2) is 85.5 Å². The van der Waals surface area contributed by atoms with Crippen LogP contribution in [0.1, 0.15) is 46.8 Å². The quantitative estimate of drug-likeness (QED) is 0.200. The molecule has 3 aromatic carbocycles. The highest BCUT2D eigenvalue weighted by atomic mass is 19.1. The lowest BCUT2D eigenvalue weighted by Crippen LogP contribution is -1.98. The van der Waals surface area contributed by atoms with Crippen molar-refractivity contribution in [3.63, 3.8) is 0 Å². The summed E-state index contributed by atoms with van der Waals surface area (Å²) in [4.78, 5) is 12.1. The minimum absolute atomic E-state index is 0.158. The fourth-order valence-corrected chi connectivity index (χ4v) is 3.13. The van der Waals surface area contributed by atoms with Crippen molar-refractivity contribution in [1.29, 1.82) is 0 Å². The fourth-order valence-electron chi connectivity index (χ4n) is 3.13. The normalized spacial score (nSPS) is 10.9. The summed E-state index contributed by atoms with van der Waals surface area (Å²) in [5.41, 5.74) is 4.97. The number of hydrogen-bond acceptors (Lipinski definition) is 2. The molecular formula is C28H27FO2. The molecule has 3 rings (SSSR count). The molecule has 0 unspecified atom stereocenters. The first-order chi connectivity index (χ1) is 15.0. The lowest BCUT2D eigenvalue weighted by atomic mass is 10.0. The van der Waals surface area contributed by atoms with Gasteiger partial charge < -0.3 is 4.74 Å². The number of benzene rings is 3.